The van der Waals surface area contributed by atoms with Gasteiger partial charge in [0.2, 0.25) is 0 Å². The van der Waals surface area contributed by atoms with Crippen molar-refractivity contribution in [3.63, 3.8) is 0 Å². The van der Waals surface area contributed by atoms with E-state index >= 15 is 0 Å². The van der Waals surface area contributed by atoms with E-state index in [2.05, 4.69) is 26.0 Å². The van der Waals surface area contributed by atoms with Gasteiger partial charge in [-0.15, -0.1) is 0 Å². The van der Waals surface area contributed by atoms with Crippen LogP contribution in [0.1, 0.15) is 36.1 Å². The van der Waals surface area contributed by atoms with Crippen LogP contribution >= 0.6 is 0 Å². The SMILES string of the molecule is Cc1cccc(N(C(=O)COc2ccc(C(C)(C)c3ccccc3)cc2)S(=O)(=O)c2ccccc2)c1C. The lowest BCUT2D eigenvalue weighted by atomic mass is 9.78. The van der Waals surface area contributed by atoms with Crippen molar-refractivity contribution in [2.45, 2.75) is 38.0 Å². The number of carbonyl (C=O) groups is 1. The number of nitrogens with zero attached hydrogens (tertiary/aromatic N) is 1. The maximum absolute atomic E-state index is 13.6. The Kier molecular flexibility index (Phi) is 7.50. The van der Waals surface area contributed by atoms with Crippen LogP contribution in [0.2, 0.25) is 0 Å². The summed E-state index contributed by atoms with van der Waals surface area (Å²) >= 11 is 0. The Morgan fingerprint density at radius 2 is 1.32 bits per heavy atom. The van der Waals surface area contributed by atoms with Crippen LogP contribution in [-0.4, -0.2) is 20.9 Å². The molecule has 4 rings (SSSR count). The maximum atomic E-state index is 13.6. The topological polar surface area (TPSA) is 63.7 Å². The summed E-state index contributed by atoms with van der Waals surface area (Å²) in [4.78, 5) is 13.5. The molecule has 4 aromatic rings. The van der Waals surface area contributed by atoms with Gasteiger partial charge in [0, 0.05) is 5.41 Å². The molecule has 190 valence electrons. The Hall–Kier alpha value is -3.90. The second kappa shape index (κ2) is 10.6. The second-order valence-corrected chi connectivity index (χ2v) is 11.3. The average Bonchev–Trinajstić information content (AvgIpc) is 2.91. The van der Waals surface area contributed by atoms with E-state index in [1.165, 1.54) is 17.7 Å². The van der Waals surface area contributed by atoms with Crippen LogP contribution in [0.3, 0.4) is 0 Å². The zero-order chi connectivity index (χ0) is 26.6. The normalized spacial score (nSPS) is 11.7. The zero-order valence-electron chi connectivity index (χ0n) is 21.5. The van der Waals surface area contributed by atoms with Crippen molar-refractivity contribution < 1.29 is 17.9 Å². The molecule has 0 saturated heterocycles. The Bertz CT molecular complexity index is 1480. The van der Waals surface area contributed by atoms with Crippen molar-refractivity contribution >= 4 is 21.6 Å². The fourth-order valence-electron chi connectivity index (χ4n) is 4.24. The standard InChI is InChI=1S/C31H31NO4S/c1-23-12-11-17-29(24(23)2)32(37(34,35)28-15-9-6-10-16-28)30(33)22-36-27-20-18-26(19-21-27)31(3,4)25-13-7-5-8-14-25/h5-21H,22H2,1-4H3. The molecule has 0 N–H and O–H groups in total. The third-order valence-electron chi connectivity index (χ3n) is 6.74. The Balaban J connectivity index is 1.59. The molecule has 0 spiro atoms. The van der Waals surface area contributed by atoms with Gasteiger partial charge < -0.3 is 4.74 Å². The van der Waals surface area contributed by atoms with E-state index in [-0.39, 0.29) is 10.3 Å². The van der Waals surface area contributed by atoms with Gasteiger partial charge in [-0.1, -0.05) is 86.6 Å². The average molecular weight is 514 g/mol. The number of hydrogen-bond acceptors (Lipinski definition) is 4. The van der Waals surface area contributed by atoms with E-state index in [1.54, 1.807) is 49.4 Å². The first-order chi connectivity index (χ1) is 17.6. The van der Waals surface area contributed by atoms with Crippen molar-refractivity contribution in [3.05, 3.63) is 125 Å². The lowest BCUT2D eigenvalue weighted by molar-refractivity contribution is -0.119. The molecule has 0 heterocycles. The first-order valence-corrected chi connectivity index (χ1v) is 13.5. The maximum Gasteiger partial charge on any atom is 0.278 e. The number of anilines is 1. The molecule has 0 unspecified atom stereocenters. The molecular formula is C31H31NO4S. The van der Waals surface area contributed by atoms with Gasteiger partial charge in [-0.05, 0) is 66.4 Å². The second-order valence-electron chi connectivity index (χ2n) is 9.50. The summed E-state index contributed by atoms with van der Waals surface area (Å²) < 4.78 is 33.8. The highest BCUT2D eigenvalue weighted by atomic mass is 32.2. The molecule has 0 atom stereocenters. The van der Waals surface area contributed by atoms with Crippen LogP contribution in [0.5, 0.6) is 5.75 Å². The van der Waals surface area contributed by atoms with E-state index in [0.29, 0.717) is 17.0 Å². The molecule has 0 radical (unpaired) electrons. The third kappa shape index (κ3) is 5.44. The van der Waals surface area contributed by atoms with Crippen LogP contribution in [0, 0.1) is 13.8 Å². The number of rotatable bonds is 8. The number of ether oxygens (including phenoxy) is 1. The largest absolute Gasteiger partial charge is 0.484 e. The van der Waals surface area contributed by atoms with Crippen molar-refractivity contribution in [2.24, 2.45) is 0 Å². The van der Waals surface area contributed by atoms with E-state index in [9.17, 15) is 13.2 Å². The summed E-state index contributed by atoms with van der Waals surface area (Å²) in [5.74, 6) is -0.190. The van der Waals surface area contributed by atoms with Gasteiger partial charge in [-0.25, -0.2) is 8.42 Å². The fraction of sp³-hybridized carbons (Fsp3) is 0.194. The van der Waals surface area contributed by atoms with Crippen LogP contribution in [-0.2, 0) is 20.2 Å². The van der Waals surface area contributed by atoms with Gasteiger partial charge in [-0.2, -0.15) is 4.31 Å². The summed E-state index contributed by atoms with van der Waals surface area (Å²) in [7, 11) is -4.15. The van der Waals surface area contributed by atoms with Gasteiger partial charge >= 0.3 is 0 Å². The van der Waals surface area contributed by atoms with Gasteiger partial charge in [0.25, 0.3) is 15.9 Å². The molecule has 37 heavy (non-hydrogen) atoms. The molecule has 5 nitrogen and oxygen atoms in total. The number of hydrogen-bond donors (Lipinski definition) is 0. The van der Waals surface area contributed by atoms with Crippen LogP contribution < -0.4 is 9.04 Å². The predicted molar refractivity (Wildman–Crippen MR) is 148 cm³/mol. The van der Waals surface area contributed by atoms with Crippen LogP contribution in [0.15, 0.2) is 108 Å². The minimum atomic E-state index is -4.15. The Morgan fingerprint density at radius 3 is 1.95 bits per heavy atom. The van der Waals surface area contributed by atoms with Crippen molar-refractivity contribution in [1.29, 1.82) is 0 Å². The molecule has 0 bridgehead atoms. The Labute approximate surface area is 219 Å². The van der Waals surface area contributed by atoms with E-state index in [0.717, 1.165) is 15.4 Å². The number of amides is 1. The molecule has 0 saturated carbocycles. The highest BCUT2D eigenvalue weighted by molar-refractivity contribution is 7.93. The van der Waals surface area contributed by atoms with Crippen molar-refractivity contribution in [2.75, 3.05) is 10.9 Å². The van der Waals surface area contributed by atoms with Gasteiger partial charge in [-0.3, -0.25) is 4.79 Å². The molecule has 0 fully saturated rings. The van der Waals surface area contributed by atoms with E-state index in [4.69, 9.17) is 4.74 Å². The number of benzene rings is 4. The highest BCUT2D eigenvalue weighted by Gasteiger charge is 2.32. The summed E-state index contributed by atoms with van der Waals surface area (Å²) in [6, 6.07) is 31.0. The summed E-state index contributed by atoms with van der Waals surface area (Å²) in [5, 5.41) is 0. The first-order valence-electron chi connectivity index (χ1n) is 12.1. The van der Waals surface area contributed by atoms with Gasteiger partial charge in [0.15, 0.2) is 6.61 Å². The Morgan fingerprint density at radius 1 is 0.757 bits per heavy atom. The summed E-state index contributed by atoms with van der Waals surface area (Å²) in [6.45, 7) is 7.56. The van der Waals surface area contributed by atoms with Crippen molar-refractivity contribution in [1.82, 2.24) is 0 Å². The molecule has 0 aromatic heterocycles. The van der Waals surface area contributed by atoms with Gasteiger partial charge in [0.05, 0.1) is 10.6 Å². The van der Waals surface area contributed by atoms with E-state index in [1.807, 2.05) is 43.3 Å². The summed E-state index contributed by atoms with van der Waals surface area (Å²) in [6.07, 6.45) is 0. The molecule has 6 heteroatoms. The monoisotopic (exact) mass is 513 g/mol. The van der Waals surface area contributed by atoms with Crippen molar-refractivity contribution in [3.8, 4) is 5.75 Å². The molecular weight excluding hydrogens is 482 g/mol. The quantitative estimate of drug-likeness (QED) is 0.272. The lowest BCUT2D eigenvalue weighted by Crippen LogP contribution is -2.40. The number of aryl methyl sites for hydroxylation is 1. The van der Waals surface area contributed by atoms with Crippen LogP contribution in [0.4, 0.5) is 5.69 Å². The summed E-state index contributed by atoms with van der Waals surface area (Å²) in [5.41, 5.74) is 3.99. The molecule has 4 aromatic carbocycles. The van der Waals surface area contributed by atoms with E-state index < -0.39 is 22.5 Å². The van der Waals surface area contributed by atoms with Crippen LogP contribution in [0.25, 0.3) is 0 Å². The fourth-order valence-corrected chi connectivity index (χ4v) is 5.73. The molecule has 0 aliphatic carbocycles. The highest BCUT2D eigenvalue weighted by Crippen LogP contribution is 2.33. The minimum Gasteiger partial charge on any atom is -0.484 e. The molecule has 0 aliphatic heterocycles. The first kappa shape index (κ1) is 26.2. The number of carbonyl (C=O) groups excluding carboxylic acids is 1. The minimum absolute atomic E-state index is 0.0387. The molecule has 1 amide bonds. The third-order valence-corrected chi connectivity index (χ3v) is 8.49. The predicted octanol–water partition coefficient (Wildman–Crippen LogP) is 6.43. The zero-order valence-corrected chi connectivity index (χ0v) is 22.3. The lowest BCUT2D eigenvalue weighted by Gasteiger charge is -2.26. The van der Waals surface area contributed by atoms with Gasteiger partial charge in [0.1, 0.15) is 5.75 Å². The number of sulfonamides is 1. The molecule has 0 aliphatic rings. The smallest absolute Gasteiger partial charge is 0.278 e.